The van der Waals surface area contributed by atoms with E-state index in [9.17, 15) is 4.79 Å². The van der Waals surface area contributed by atoms with Gasteiger partial charge in [0.1, 0.15) is 5.75 Å². The van der Waals surface area contributed by atoms with Crippen molar-refractivity contribution in [1.29, 1.82) is 0 Å². The van der Waals surface area contributed by atoms with Crippen molar-refractivity contribution in [3.63, 3.8) is 0 Å². The van der Waals surface area contributed by atoms with E-state index in [1.807, 2.05) is 33.8 Å². The zero-order chi connectivity index (χ0) is 18.6. The number of nitrogens with zero attached hydrogens (tertiary/aromatic N) is 6. The SMILES string of the molecule is COc1ccc(CCC(=O)N2CCN(Cc3nnnn3C3CC3)CC2)cc1. The van der Waals surface area contributed by atoms with Crippen LogP contribution in [-0.2, 0) is 17.8 Å². The Balaban J connectivity index is 1.22. The number of carbonyl (C=O) groups is 1. The lowest BCUT2D eigenvalue weighted by molar-refractivity contribution is -0.133. The third kappa shape index (κ3) is 4.44. The van der Waals surface area contributed by atoms with Crippen molar-refractivity contribution < 1.29 is 9.53 Å². The largest absolute Gasteiger partial charge is 0.497 e. The summed E-state index contributed by atoms with van der Waals surface area (Å²) in [4.78, 5) is 16.8. The van der Waals surface area contributed by atoms with Crippen LogP contribution >= 0.6 is 0 Å². The lowest BCUT2D eigenvalue weighted by Crippen LogP contribution is -2.48. The second-order valence-corrected chi connectivity index (χ2v) is 7.28. The van der Waals surface area contributed by atoms with Gasteiger partial charge in [0.05, 0.1) is 19.7 Å². The van der Waals surface area contributed by atoms with E-state index in [1.54, 1.807) is 7.11 Å². The standard InChI is InChI=1S/C19H26N6O2/c1-27-17-7-2-15(3-8-17)4-9-19(26)24-12-10-23(11-13-24)14-18-20-21-22-25(18)16-5-6-16/h2-3,7-8,16H,4-6,9-14H2,1H3. The number of amides is 1. The van der Waals surface area contributed by atoms with Crippen LogP contribution in [-0.4, -0.2) is 69.2 Å². The van der Waals surface area contributed by atoms with E-state index in [4.69, 9.17) is 4.74 Å². The van der Waals surface area contributed by atoms with Crippen LogP contribution in [0, 0.1) is 0 Å². The zero-order valence-corrected chi connectivity index (χ0v) is 15.8. The molecule has 0 N–H and O–H groups in total. The Labute approximate surface area is 159 Å². The topological polar surface area (TPSA) is 76.4 Å². The molecule has 1 aliphatic heterocycles. The number of piperazine rings is 1. The third-order valence-corrected chi connectivity index (χ3v) is 5.33. The number of hydrogen-bond acceptors (Lipinski definition) is 6. The van der Waals surface area contributed by atoms with Gasteiger partial charge in [-0.25, -0.2) is 4.68 Å². The molecule has 2 heterocycles. The molecule has 0 radical (unpaired) electrons. The van der Waals surface area contributed by atoms with Crippen LogP contribution in [0.4, 0.5) is 0 Å². The Bertz CT molecular complexity index is 763. The van der Waals surface area contributed by atoms with E-state index in [0.29, 0.717) is 12.5 Å². The molecule has 0 bridgehead atoms. The summed E-state index contributed by atoms with van der Waals surface area (Å²) < 4.78 is 7.13. The summed E-state index contributed by atoms with van der Waals surface area (Å²) in [5, 5.41) is 12.1. The minimum atomic E-state index is 0.230. The summed E-state index contributed by atoms with van der Waals surface area (Å²) in [6, 6.07) is 8.42. The van der Waals surface area contributed by atoms with Gasteiger partial charge in [0.25, 0.3) is 0 Å². The summed E-state index contributed by atoms with van der Waals surface area (Å²) in [6.45, 7) is 4.04. The molecular formula is C19H26N6O2. The summed E-state index contributed by atoms with van der Waals surface area (Å²) in [5.41, 5.74) is 1.16. The van der Waals surface area contributed by atoms with Crippen molar-refractivity contribution in [2.75, 3.05) is 33.3 Å². The first-order valence-electron chi connectivity index (χ1n) is 9.63. The number of hydrogen-bond donors (Lipinski definition) is 0. The number of rotatable bonds is 7. The molecule has 4 rings (SSSR count). The van der Waals surface area contributed by atoms with Crippen LogP contribution in [0.3, 0.4) is 0 Å². The highest BCUT2D eigenvalue weighted by Gasteiger charge is 2.29. The molecule has 1 saturated heterocycles. The maximum absolute atomic E-state index is 12.5. The van der Waals surface area contributed by atoms with Crippen molar-refractivity contribution in [2.45, 2.75) is 38.3 Å². The van der Waals surface area contributed by atoms with Gasteiger partial charge in [0.15, 0.2) is 5.82 Å². The Hall–Kier alpha value is -2.48. The first-order chi connectivity index (χ1) is 13.2. The van der Waals surface area contributed by atoms with Gasteiger partial charge in [-0.3, -0.25) is 9.69 Å². The summed E-state index contributed by atoms with van der Waals surface area (Å²) in [7, 11) is 1.66. The molecule has 1 aliphatic carbocycles. The third-order valence-electron chi connectivity index (χ3n) is 5.33. The van der Waals surface area contributed by atoms with Crippen molar-refractivity contribution >= 4 is 5.91 Å². The normalized spacial score (nSPS) is 17.9. The molecule has 144 valence electrons. The molecule has 1 aromatic carbocycles. The van der Waals surface area contributed by atoms with Crippen molar-refractivity contribution in [2.24, 2.45) is 0 Å². The lowest BCUT2D eigenvalue weighted by atomic mass is 10.1. The number of carbonyl (C=O) groups excluding carboxylic acids is 1. The second kappa shape index (κ2) is 8.04. The number of ether oxygens (including phenoxy) is 1. The molecule has 2 aliphatic rings. The van der Waals surface area contributed by atoms with E-state index < -0.39 is 0 Å². The molecule has 8 heteroatoms. The van der Waals surface area contributed by atoms with E-state index in [-0.39, 0.29) is 5.91 Å². The van der Waals surface area contributed by atoms with Crippen LogP contribution in [0.25, 0.3) is 0 Å². The molecule has 1 amide bonds. The van der Waals surface area contributed by atoms with E-state index in [2.05, 4.69) is 20.4 Å². The van der Waals surface area contributed by atoms with Gasteiger partial charge in [-0.15, -0.1) is 5.10 Å². The summed E-state index contributed by atoms with van der Waals surface area (Å²) >= 11 is 0. The molecule has 1 aromatic heterocycles. The second-order valence-electron chi connectivity index (χ2n) is 7.28. The van der Waals surface area contributed by atoms with E-state index >= 15 is 0 Å². The monoisotopic (exact) mass is 370 g/mol. The van der Waals surface area contributed by atoms with Crippen LogP contribution < -0.4 is 4.74 Å². The maximum Gasteiger partial charge on any atom is 0.222 e. The summed E-state index contributed by atoms with van der Waals surface area (Å²) in [5.74, 6) is 2.01. The molecule has 2 aromatic rings. The maximum atomic E-state index is 12.5. The number of tetrazole rings is 1. The molecule has 8 nitrogen and oxygen atoms in total. The van der Waals surface area contributed by atoms with Gasteiger partial charge in [-0.1, -0.05) is 12.1 Å². The van der Waals surface area contributed by atoms with Gasteiger partial charge < -0.3 is 9.64 Å². The fourth-order valence-electron chi connectivity index (χ4n) is 3.48. The quantitative estimate of drug-likeness (QED) is 0.731. The van der Waals surface area contributed by atoms with Crippen molar-refractivity contribution in [1.82, 2.24) is 30.0 Å². The highest BCUT2D eigenvalue weighted by Crippen LogP contribution is 2.34. The fraction of sp³-hybridized carbons (Fsp3) is 0.579. The zero-order valence-electron chi connectivity index (χ0n) is 15.8. The molecular weight excluding hydrogens is 344 g/mol. The van der Waals surface area contributed by atoms with Crippen molar-refractivity contribution in [3.05, 3.63) is 35.7 Å². The van der Waals surface area contributed by atoms with Crippen LogP contribution in [0.2, 0.25) is 0 Å². The highest BCUT2D eigenvalue weighted by molar-refractivity contribution is 5.76. The minimum absolute atomic E-state index is 0.230. The Morgan fingerprint density at radius 1 is 1.15 bits per heavy atom. The van der Waals surface area contributed by atoms with Gasteiger partial charge in [0, 0.05) is 32.6 Å². The first kappa shape index (κ1) is 17.9. The number of aryl methyl sites for hydroxylation is 1. The molecule has 0 atom stereocenters. The van der Waals surface area contributed by atoms with Crippen molar-refractivity contribution in [3.8, 4) is 5.75 Å². The first-order valence-corrected chi connectivity index (χ1v) is 9.63. The Morgan fingerprint density at radius 3 is 2.56 bits per heavy atom. The predicted octanol–water partition coefficient (Wildman–Crippen LogP) is 1.29. The predicted molar refractivity (Wildman–Crippen MR) is 99.3 cm³/mol. The van der Waals surface area contributed by atoms with Gasteiger partial charge in [0.2, 0.25) is 5.91 Å². The molecule has 1 saturated carbocycles. The number of benzene rings is 1. The van der Waals surface area contributed by atoms with E-state index in [1.165, 1.54) is 12.8 Å². The molecule has 0 unspecified atom stereocenters. The number of methoxy groups -OCH3 is 1. The van der Waals surface area contributed by atoms with Gasteiger partial charge in [-0.2, -0.15) is 0 Å². The van der Waals surface area contributed by atoms with Crippen LogP contribution in [0.1, 0.15) is 36.7 Å². The lowest BCUT2D eigenvalue weighted by Gasteiger charge is -2.34. The fourth-order valence-corrected chi connectivity index (χ4v) is 3.48. The van der Waals surface area contributed by atoms with Crippen LogP contribution in [0.15, 0.2) is 24.3 Å². The summed E-state index contributed by atoms with van der Waals surface area (Å²) in [6.07, 6.45) is 3.66. The molecule has 2 fully saturated rings. The average molecular weight is 370 g/mol. The average Bonchev–Trinajstić information content (AvgIpc) is 3.46. The molecule has 27 heavy (non-hydrogen) atoms. The Morgan fingerprint density at radius 2 is 1.89 bits per heavy atom. The minimum Gasteiger partial charge on any atom is -0.497 e. The highest BCUT2D eigenvalue weighted by atomic mass is 16.5. The van der Waals surface area contributed by atoms with Gasteiger partial charge in [-0.05, 0) is 47.4 Å². The van der Waals surface area contributed by atoms with Crippen LogP contribution in [0.5, 0.6) is 5.75 Å². The molecule has 0 spiro atoms. The van der Waals surface area contributed by atoms with E-state index in [0.717, 1.165) is 56.3 Å². The number of aromatic nitrogens is 4. The Kier molecular flexibility index (Phi) is 5.33. The smallest absolute Gasteiger partial charge is 0.222 e. The van der Waals surface area contributed by atoms with Gasteiger partial charge >= 0.3 is 0 Å².